The van der Waals surface area contributed by atoms with E-state index in [0.717, 1.165) is 44.6 Å². The van der Waals surface area contributed by atoms with Crippen LogP contribution >= 0.6 is 0 Å². The number of carboxylic acid groups (broad SMARTS) is 3. The normalized spacial score (nSPS) is 14.2. The molecule has 0 bridgehead atoms. The summed E-state index contributed by atoms with van der Waals surface area (Å²) in [7, 11) is 0. The van der Waals surface area contributed by atoms with E-state index < -0.39 is 47.8 Å². The maximum atomic E-state index is 13.1. The first-order valence-electron chi connectivity index (χ1n) is 14.4. The number of benzene rings is 1. The molecule has 0 unspecified atom stereocenters. The molecule has 10 nitrogen and oxygen atoms in total. The molecule has 0 saturated heterocycles. The molecule has 0 heterocycles. The van der Waals surface area contributed by atoms with E-state index in [9.17, 15) is 44.4 Å². The van der Waals surface area contributed by atoms with Crippen molar-refractivity contribution in [2.24, 2.45) is 5.92 Å². The quantitative estimate of drug-likeness (QED) is 0.0926. The molecule has 0 fully saturated rings. The molecule has 10 heteroatoms. The van der Waals surface area contributed by atoms with Gasteiger partial charge in [0.05, 0.1) is 12.3 Å². The van der Waals surface area contributed by atoms with Crippen LogP contribution < -0.4 is 5.32 Å². The Hall–Kier alpha value is -3.53. The predicted octanol–water partition coefficient (Wildman–Crippen LogP) is 4.53. The van der Waals surface area contributed by atoms with Crippen molar-refractivity contribution in [2.75, 3.05) is 0 Å². The number of amides is 1. The average Bonchev–Trinajstić information content (AvgIpc) is 2.91. The third-order valence-corrected chi connectivity index (χ3v) is 6.95. The number of carbonyl (C=O) groups is 5. The van der Waals surface area contributed by atoms with Gasteiger partial charge in [-0.15, -0.1) is 0 Å². The highest BCUT2D eigenvalue weighted by atomic mass is 16.4. The summed E-state index contributed by atoms with van der Waals surface area (Å²) in [6.07, 6.45) is 11.5. The number of nitrogens with one attached hydrogen (secondary N) is 1. The average molecular weight is 576 g/mol. The lowest BCUT2D eigenvalue weighted by atomic mass is 9.82. The molecule has 5 N–H and O–H groups in total. The third kappa shape index (κ3) is 14.1. The van der Waals surface area contributed by atoms with Gasteiger partial charge in [-0.2, -0.15) is 0 Å². The zero-order chi connectivity index (χ0) is 30.7. The van der Waals surface area contributed by atoms with E-state index in [4.69, 9.17) is 0 Å². The van der Waals surface area contributed by atoms with Gasteiger partial charge in [-0.3, -0.25) is 14.4 Å². The first-order chi connectivity index (χ1) is 19.5. The van der Waals surface area contributed by atoms with Crippen LogP contribution in [0.4, 0.5) is 0 Å². The summed E-state index contributed by atoms with van der Waals surface area (Å²) in [6.45, 7) is 2.15. The van der Waals surface area contributed by atoms with E-state index in [2.05, 4.69) is 12.2 Å². The number of allylic oxidation sites excluding steroid dienone is 1. The summed E-state index contributed by atoms with van der Waals surface area (Å²) in [5.74, 6) is -7.58. The van der Waals surface area contributed by atoms with Gasteiger partial charge >= 0.3 is 17.9 Å². The molecule has 1 aromatic carbocycles. The van der Waals surface area contributed by atoms with Gasteiger partial charge in [-0.1, -0.05) is 87.9 Å². The van der Waals surface area contributed by atoms with Crippen molar-refractivity contribution in [3.63, 3.8) is 0 Å². The van der Waals surface area contributed by atoms with Crippen molar-refractivity contribution in [1.29, 1.82) is 0 Å². The zero-order valence-electron chi connectivity index (χ0n) is 23.9. The maximum Gasteiger partial charge on any atom is 0.337 e. The number of aliphatic hydroxyl groups is 1. The SMILES string of the molecule is CCCCCCCC(=O)CCCCCCC=C[C@H](C(=O)N[C@@H](Cc1ccccc1)C(=O)O)[C@](O)(CC(=O)O)C(=O)O. The fourth-order valence-electron chi connectivity index (χ4n) is 4.54. The highest BCUT2D eigenvalue weighted by Gasteiger charge is 2.49. The van der Waals surface area contributed by atoms with E-state index >= 15 is 0 Å². The van der Waals surface area contributed by atoms with Gasteiger partial charge < -0.3 is 25.7 Å². The molecule has 0 aliphatic rings. The van der Waals surface area contributed by atoms with Gasteiger partial charge in [0, 0.05) is 19.3 Å². The number of unbranched alkanes of at least 4 members (excludes halogenated alkanes) is 8. The third-order valence-electron chi connectivity index (χ3n) is 6.95. The molecule has 1 amide bonds. The topological polar surface area (TPSA) is 178 Å². The summed E-state index contributed by atoms with van der Waals surface area (Å²) in [5, 5.41) is 41.5. The molecule has 1 rings (SSSR count). The van der Waals surface area contributed by atoms with Gasteiger partial charge in [0.1, 0.15) is 11.8 Å². The van der Waals surface area contributed by atoms with Gasteiger partial charge in [-0.25, -0.2) is 9.59 Å². The molecule has 0 aliphatic heterocycles. The Bertz CT molecular complexity index is 1010. The number of Topliss-reactive ketones (excluding diaryl/α,β-unsaturated/α-hetero) is 1. The van der Waals surface area contributed by atoms with Crippen LogP contribution in [0.1, 0.15) is 96.0 Å². The van der Waals surface area contributed by atoms with Gasteiger partial charge in [0.2, 0.25) is 5.91 Å². The van der Waals surface area contributed by atoms with Crippen LogP contribution in [0.25, 0.3) is 0 Å². The lowest BCUT2D eigenvalue weighted by molar-refractivity contribution is -0.172. The van der Waals surface area contributed by atoms with Crippen LogP contribution in [0, 0.1) is 5.92 Å². The summed E-state index contributed by atoms with van der Waals surface area (Å²) in [4.78, 5) is 60.2. The molecule has 3 atom stereocenters. The fourth-order valence-corrected chi connectivity index (χ4v) is 4.54. The maximum absolute atomic E-state index is 13.1. The Morgan fingerprint density at radius 2 is 1.44 bits per heavy atom. The van der Waals surface area contributed by atoms with Crippen LogP contribution in [0.15, 0.2) is 42.5 Å². The number of carboxylic acids is 3. The minimum Gasteiger partial charge on any atom is -0.481 e. The number of hydrogen-bond donors (Lipinski definition) is 5. The Morgan fingerprint density at radius 1 is 0.854 bits per heavy atom. The van der Waals surface area contributed by atoms with E-state index in [-0.39, 0.29) is 12.2 Å². The fraction of sp³-hybridized carbons (Fsp3) is 0.581. The monoisotopic (exact) mass is 575 g/mol. The number of carbonyl (C=O) groups excluding carboxylic acids is 2. The summed E-state index contributed by atoms with van der Waals surface area (Å²) < 4.78 is 0. The number of aliphatic carboxylic acids is 3. The van der Waals surface area contributed by atoms with E-state index in [0.29, 0.717) is 31.2 Å². The van der Waals surface area contributed by atoms with Crippen molar-refractivity contribution >= 4 is 29.6 Å². The van der Waals surface area contributed by atoms with Crippen molar-refractivity contribution < 1.29 is 44.4 Å². The highest BCUT2D eigenvalue weighted by Crippen LogP contribution is 2.25. The molecule has 228 valence electrons. The van der Waals surface area contributed by atoms with E-state index in [1.165, 1.54) is 18.9 Å². The lowest BCUT2D eigenvalue weighted by Gasteiger charge is -2.29. The molecule has 41 heavy (non-hydrogen) atoms. The van der Waals surface area contributed by atoms with Crippen LogP contribution in [0.5, 0.6) is 0 Å². The van der Waals surface area contributed by atoms with E-state index in [1.807, 2.05) is 0 Å². The van der Waals surface area contributed by atoms with E-state index in [1.54, 1.807) is 30.3 Å². The number of rotatable bonds is 23. The summed E-state index contributed by atoms with van der Waals surface area (Å²) >= 11 is 0. The largest absolute Gasteiger partial charge is 0.481 e. The minimum absolute atomic E-state index is 0.0931. The van der Waals surface area contributed by atoms with Crippen molar-refractivity contribution in [1.82, 2.24) is 5.32 Å². The second-order valence-electron chi connectivity index (χ2n) is 10.5. The molecule has 0 spiro atoms. The first kappa shape index (κ1) is 35.5. The van der Waals surface area contributed by atoms with Crippen molar-refractivity contribution in [3.05, 3.63) is 48.0 Å². The Labute approximate surface area is 241 Å². The van der Waals surface area contributed by atoms with Crippen LogP contribution in [-0.4, -0.2) is 61.7 Å². The molecule has 0 radical (unpaired) electrons. The zero-order valence-corrected chi connectivity index (χ0v) is 23.9. The Morgan fingerprint density at radius 3 is 1.98 bits per heavy atom. The standard InChI is InChI=1S/C31H45NO9/c1-2-3-4-7-13-18-24(33)19-14-8-5-6-9-15-20-25(31(41,30(39)40)22-27(34)35)28(36)32-26(29(37)38)21-23-16-11-10-12-17-23/h10-12,15-17,20,25-26,41H,2-9,13-14,18-19,21-22H2,1H3,(H,32,36)(H,34,35)(H,37,38)(H,39,40)/t25-,26+,31-/m1/s1. The predicted molar refractivity (Wildman–Crippen MR) is 153 cm³/mol. The second kappa shape index (κ2) is 19.5. The van der Waals surface area contributed by atoms with Gasteiger partial charge in [0.25, 0.3) is 0 Å². The smallest absolute Gasteiger partial charge is 0.337 e. The molecule has 1 aromatic rings. The molecule has 0 aromatic heterocycles. The van der Waals surface area contributed by atoms with Crippen LogP contribution in [-0.2, 0) is 30.4 Å². The Balaban J connectivity index is 2.74. The van der Waals surface area contributed by atoms with Crippen LogP contribution in [0.3, 0.4) is 0 Å². The first-order valence-corrected chi connectivity index (χ1v) is 14.4. The summed E-state index contributed by atoms with van der Waals surface area (Å²) in [5.41, 5.74) is -2.38. The molecule has 0 saturated carbocycles. The Kier molecular flexibility index (Phi) is 16.9. The van der Waals surface area contributed by atoms with Gasteiger partial charge in [0.15, 0.2) is 5.60 Å². The molecular formula is C31H45NO9. The molecular weight excluding hydrogens is 530 g/mol. The van der Waals surface area contributed by atoms with Crippen LogP contribution in [0.2, 0.25) is 0 Å². The molecule has 0 aliphatic carbocycles. The van der Waals surface area contributed by atoms with Gasteiger partial charge in [-0.05, 0) is 31.2 Å². The van der Waals surface area contributed by atoms with Crippen molar-refractivity contribution in [3.8, 4) is 0 Å². The lowest BCUT2D eigenvalue weighted by Crippen LogP contribution is -2.55. The van der Waals surface area contributed by atoms with Crippen molar-refractivity contribution in [2.45, 2.75) is 108 Å². The summed E-state index contributed by atoms with van der Waals surface area (Å²) in [6, 6.07) is 7.05. The number of hydrogen-bond acceptors (Lipinski definition) is 6. The second-order valence-corrected chi connectivity index (χ2v) is 10.5. The number of ketones is 1. The minimum atomic E-state index is -2.99. The highest BCUT2D eigenvalue weighted by molar-refractivity contribution is 5.94.